The minimum absolute atomic E-state index is 0.1000. The first-order valence-electron chi connectivity index (χ1n) is 5.78. The highest BCUT2D eigenvalue weighted by molar-refractivity contribution is 9.08. The van der Waals surface area contributed by atoms with Crippen molar-refractivity contribution in [2.75, 3.05) is 31.7 Å². The summed E-state index contributed by atoms with van der Waals surface area (Å²) in [6.45, 7) is 0.936. The average molecular weight is 333 g/mol. The Labute approximate surface area is 119 Å². The number of ether oxygens (including phenoxy) is 1. The van der Waals surface area contributed by atoms with E-state index in [1.807, 2.05) is 6.07 Å². The molecule has 0 atom stereocenters. The summed E-state index contributed by atoms with van der Waals surface area (Å²) >= 11 is 3.16. The number of nitrogens with zero attached hydrogens (tertiary/aromatic N) is 2. The fourth-order valence-corrected chi connectivity index (χ4v) is 2.04. The maximum atomic E-state index is 14.0. The minimum Gasteiger partial charge on any atom is -0.383 e. The van der Waals surface area contributed by atoms with Crippen molar-refractivity contribution < 1.29 is 13.5 Å². The molecule has 0 bridgehead atoms. The lowest BCUT2D eigenvalue weighted by atomic mass is 10.2. The smallest absolute Gasteiger partial charge is 0.149 e. The lowest BCUT2D eigenvalue weighted by molar-refractivity contribution is 0.205. The Bertz CT molecular complexity index is 439. The number of hydrogen-bond donors (Lipinski definition) is 0. The third-order valence-corrected chi connectivity index (χ3v) is 3.25. The van der Waals surface area contributed by atoms with E-state index in [9.17, 15) is 8.78 Å². The Hall–Kier alpha value is -1.19. The van der Waals surface area contributed by atoms with E-state index in [0.29, 0.717) is 24.0 Å². The third-order valence-electron chi connectivity index (χ3n) is 2.61. The van der Waals surface area contributed by atoms with E-state index in [1.165, 1.54) is 24.1 Å². The highest BCUT2D eigenvalue weighted by Gasteiger charge is 2.17. The van der Waals surface area contributed by atoms with Crippen LogP contribution in [0.15, 0.2) is 12.1 Å². The van der Waals surface area contributed by atoms with Gasteiger partial charge in [0.1, 0.15) is 17.3 Å². The molecule has 0 aliphatic rings. The molecule has 1 rings (SSSR count). The normalized spacial score (nSPS) is 10.3. The van der Waals surface area contributed by atoms with Crippen molar-refractivity contribution in [1.82, 2.24) is 0 Å². The predicted molar refractivity (Wildman–Crippen MR) is 73.3 cm³/mol. The molecule has 0 aromatic heterocycles. The van der Waals surface area contributed by atoms with E-state index in [-0.39, 0.29) is 18.7 Å². The van der Waals surface area contributed by atoms with Gasteiger partial charge in [-0.05, 0) is 17.7 Å². The van der Waals surface area contributed by atoms with Crippen molar-refractivity contribution in [3.63, 3.8) is 0 Å². The van der Waals surface area contributed by atoms with Crippen LogP contribution in [0, 0.1) is 23.0 Å². The van der Waals surface area contributed by atoms with Gasteiger partial charge in [-0.15, -0.1) is 0 Å². The second-order valence-electron chi connectivity index (χ2n) is 3.93. The molecule has 104 valence electrons. The van der Waals surface area contributed by atoms with E-state index in [0.717, 1.165) is 0 Å². The number of benzene rings is 1. The van der Waals surface area contributed by atoms with Gasteiger partial charge in [0.05, 0.1) is 19.1 Å². The minimum atomic E-state index is -0.622. The second kappa shape index (κ2) is 8.08. The van der Waals surface area contributed by atoms with Gasteiger partial charge < -0.3 is 9.64 Å². The van der Waals surface area contributed by atoms with Gasteiger partial charge in [0.15, 0.2) is 0 Å². The zero-order valence-corrected chi connectivity index (χ0v) is 12.2. The van der Waals surface area contributed by atoms with E-state index < -0.39 is 11.6 Å². The fourth-order valence-electron chi connectivity index (χ4n) is 1.72. The molecule has 19 heavy (non-hydrogen) atoms. The molecule has 0 fully saturated rings. The Kier molecular flexibility index (Phi) is 6.74. The fraction of sp³-hybridized carbons (Fsp3) is 0.462. The Morgan fingerprint density at radius 3 is 2.42 bits per heavy atom. The molecule has 0 aliphatic carbocycles. The Morgan fingerprint density at radius 1 is 1.32 bits per heavy atom. The first-order chi connectivity index (χ1) is 9.13. The molecule has 0 unspecified atom stereocenters. The van der Waals surface area contributed by atoms with Gasteiger partial charge in [0.2, 0.25) is 0 Å². The predicted octanol–water partition coefficient (Wildman–Crippen LogP) is 3.23. The summed E-state index contributed by atoms with van der Waals surface area (Å²) in [5.74, 6) is -1.24. The zero-order valence-electron chi connectivity index (χ0n) is 10.6. The monoisotopic (exact) mass is 332 g/mol. The maximum Gasteiger partial charge on any atom is 0.149 e. The number of nitriles is 1. The quantitative estimate of drug-likeness (QED) is 0.719. The number of alkyl halides is 1. The van der Waals surface area contributed by atoms with Gasteiger partial charge in [0.25, 0.3) is 0 Å². The van der Waals surface area contributed by atoms with Crippen molar-refractivity contribution in [2.24, 2.45) is 0 Å². The molecular formula is C13H15BrF2N2O. The van der Waals surface area contributed by atoms with Gasteiger partial charge in [0, 0.05) is 25.5 Å². The van der Waals surface area contributed by atoms with Crippen LogP contribution in [0.25, 0.3) is 0 Å². The van der Waals surface area contributed by atoms with Gasteiger partial charge in [-0.3, -0.25) is 0 Å². The van der Waals surface area contributed by atoms with Crippen molar-refractivity contribution in [3.05, 3.63) is 29.3 Å². The molecule has 6 heteroatoms. The molecule has 0 saturated heterocycles. The first-order valence-corrected chi connectivity index (χ1v) is 6.91. The Morgan fingerprint density at radius 2 is 1.95 bits per heavy atom. The molecule has 0 radical (unpaired) electrons. The van der Waals surface area contributed by atoms with Crippen LogP contribution in [0.5, 0.6) is 0 Å². The summed E-state index contributed by atoms with van der Waals surface area (Å²) in [5.41, 5.74) is 0.433. The van der Waals surface area contributed by atoms with Crippen LogP contribution < -0.4 is 4.90 Å². The summed E-state index contributed by atoms with van der Waals surface area (Å²) in [5, 5.41) is 8.99. The molecule has 3 nitrogen and oxygen atoms in total. The van der Waals surface area contributed by atoms with Crippen LogP contribution >= 0.6 is 15.9 Å². The van der Waals surface area contributed by atoms with Crippen molar-refractivity contribution in [2.45, 2.75) is 11.8 Å². The molecule has 1 aromatic carbocycles. The summed E-state index contributed by atoms with van der Waals surface area (Å²) < 4.78 is 32.9. The van der Waals surface area contributed by atoms with E-state index in [1.54, 1.807) is 0 Å². The van der Waals surface area contributed by atoms with Gasteiger partial charge >= 0.3 is 0 Å². The SMILES string of the molecule is COCCN(CCC#N)c1c(F)cc(CBr)cc1F. The standard InChI is InChI=1S/C13H15BrF2N2O/c1-19-6-5-18(4-2-3-17)13-11(15)7-10(9-14)8-12(13)16/h7-8H,2,4-6,9H2,1H3. The highest BCUT2D eigenvalue weighted by atomic mass is 79.9. The second-order valence-corrected chi connectivity index (χ2v) is 4.49. The van der Waals surface area contributed by atoms with Crippen LogP contribution in [-0.2, 0) is 10.1 Å². The van der Waals surface area contributed by atoms with Gasteiger partial charge in [-0.1, -0.05) is 15.9 Å². The van der Waals surface area contributed by atoms with Crippen molar-refractivity contribution >= 4 is 21.6 Å². The summed E-state index contributed by atoms with van der Waals surface area (Å²) in [6, 6.07) is 4.55. The topological polar surface area (TPSA) is 36.3 Å². The first kappa shape index (κ1) is 15.9. The average Bonchev–Trinajstić information content (AvgIpc) is 2.40. The molecular weight excluding hydrogens is 318 g/mol. The summed E-state index contributed by atoms with van der Waals surface area (Å²) in [7, 11) is 1.52. The number of halogens is 3. The largest absolute Gasteiger partial charge is 0.383 e. The molecule has 0 saturated carbocycles. The molecule has 1 aromatic rings. The molecule has 0 heterocycles. The summed E-state index contributed by atoms with van der Waals surface area (Å²) in [4.78, 5) is 1.50. The number of anilines is 1. The third kappa shape index (κ3) is 4.44. The molecule has 0 amide bonds. The van der Waals surface area contributed by atoms with Crippen LogP contribution in [0.1, 0.15) is 12.0 Å². The van der Waals surface area contributed by atoms with Crippen LogP contribution in [-0.4, -0.2) is 26.8 Å². The summed E-state index contributed by atoms with van der Waals surface area (Å²) in [6.07, 6.45) is 0.197. The van der Waals surface area contributed by atoms with Gasteiger partial charge in [-0.2, -0.15) is 5.26 Å². The van der Waals surface area contributed by atoms with Crippen molar-refractivity contribution in [3.8, 4) is 6.07 Å². The molecule has 0 spiro atoms. The van der Waals surface area contributed by atoms with Crippen LogP contribution in [0.2, 0.25) is 0 Å². The maximum absolute atomic E-state index is 14.0. The number of rotatable bonds is 7. The Balaban J connectivity index is 3.03. The number of methoxy groups -OCH3 is 1. The molecule has 0 N–H and O–H groups in total. The lowest BCUT2D eigenvalue weighted by Crippen LogP contribution is -2.30. The zero-order chi connectivity index (χ0) is 14.3. The number of hydrogen-bond acceptors (Lipinski definition) is 3. The molecule has 0 aliphatic heterocycles. The van der Waals surface area contributed by atoms with Gasteiger partial charge in [-0.25, -0.2) is 8.78 Å². The van der Waals surface area contributed by atoms with E-state index >= 15 is 0 Å². The highest BCUT2D eigenvalue weighted by Crippen LogP contribution is 2.26. The van der Waals surface area contributed by atoms with Crippen molar-refractivity contribution in [1.29, 1.82) is 5.26 Å². The van der Waals surface area contributed by atoms with E-state index in [4.69, 9.17) is 10.00 Å². The lowest BCUT2D eigenvalue weighted by Gasteiger charge is -2.24. The van der Waals surface area contributed by atoms with E-state index in [2.05, 4.69) is 15.9 Å². The van der Waals surface area contributed by atoms with Crippen LogP contribution in [0.3, 0.4) is 0 Å². The van der Waals surface area contributed by atoms with Crippen LogP contribution in [0.4, 0.5) is 14.5 Å².